The number of H-pyrrole nitrogens is 1. The van der Waals surface area contributed by atoms with Gasteiger partial charge in [0.15, 0.2) is 0 Å². The van der Waals surface area contributed by atoms with Crippen LogP contribution in [0.3, 0.4) is 0 Å². The van der Waals surface area contributed by atoms with Crippen molar-refractivity contribution < 1.29 is 9.59 Å². The Hall–Kier alpha value is -2.73. The van der Waals surface area contributed by atoms with Crippen LogP contribution in [0.15, 0.2) is 59.6 Å². The highest BCUT2D eigenvalue weighted by molar-refractivity contribution is 8.00. The van der Waals surface area contributed by atoms with Crippen molar-refractivity contribution >= 4 is 45.9 Å². The molecule has 1 atom stereocenters. The van der Waals surface area contributed by atoms with Crippen molar-refractivity contribution in [3.63, 3.8) is 0 Å². The number of nitrogens with one attached hydrogen (secondary N) is 3. The molecule has 0 bridgehead atoms. The number of hydrogen-bond acceptors (Lipinski definition) is 3. The molecule has 2 aromatic carbocycles. The van der Waals surface area contributed by atoms with Gasteiger partial charge in [0.05, 0.1) is 5.25 Å². The molecule has 0 radical (unpaired) electrons. The van der Waals surface area contributed by atoms with Crippen molar-refractivity contribution in [3.05, 3.63) is 54.7 Å². The van der Waals surface area contributed by atoms with Crippen LogP contribution in [-0.4, -0.2) is 22.0 Å². The first-order chi connectivity index (χ1) is 15.1. The zero-order chi connectivity index (χ0) is 21.6. The first-order valence-electron chi connectivity index (χ1n) is 11.1. The molecule has 1 aliphatic rings. The number of carbonyl (C=O) groups excluding carboxylic acids is 2. The van der Waals surface area contributed by atoms with E-state index >= 15 is 0 Å². The Balaban J connectivity index is 1.38. The maximum atomic E-state index is 12.9. The summed E-state index contributed by atoms with van der Waals surface area (Å²) in [7, 11) is 0. The molecule has 6 heteroatoms. The topological polar surface area (TPSA) is 74.0 Å². The summed E-state index contributed by atoms with van der Waals surface area (Å²) in [5, 5.41) is 7.00. The molecule has 1 saturated carbocycles. The maximum absolute atomic E-state index is 12.9. The maximum Gasteiger partial charge on any atom is 0.237 e. The van der Waals surface area contributed by atoms with E-state index in [-0.39, 0.29) is 23.0 Å². The van der Waals surface area contributed by atoms with E-state index in [1.54, 1.807) is 0 Å². The largest absolute Gasteiger partial charge is 0.361 e. The SMILES string of the molecule is CCC(Sc1cccc(NC(=O)C2CCCCC2)c1)C(=O)Nc1ccc2cc[nH]c2c1. The minimum Gasteiger partial charge on any atom is -0.361 e. The standard InChI is InChI=1S/C25H29N3O2S/c1-2-23(25(30)28-20-12-11-17-13-14-26-22(17)16-20)31-21-10-6-9-19(15-21)27-24(29)18-7-4-3-5-8-18/h6,9-16,18,23,26H,2-5,7-8H2,1H3,(H,27,29)(H,28,30). The van der Waals surface area contributed by atoms with Crippen molar-refractivity contribution in [2.75, 3.05) is 10.6 Å². The first kappa shape index (κ1) is 21.5. The van der Waals surface area contributed by atoms with Crippen LogP contribution in [0.1, 0.15) is 45.4 Å². The van der Waals surface area contributed by atoms with E-state index in [1.165, 1.54) is 18.2 Å². The average molecular weight is 436 g/mol. The molecule has 4 rings (SSSR count). The predicted octanol–water partition coefficient (Wildman–Crippen LogP) is 6.20. The molecule has 5 nitrogen and oxygen atoms in total. The summed E-state index contributed by atoms with van der Waals surface area (Å²) in [6.07, 6.45) is 8.06. The smallest absolute Gasteiger partial charge is 0.237 e. The number of fused-ring (bicyclic) bond motifs is 1. The lowest BCUT2D eigenvalue weighted by molar-refractivity contribution is -0.120. The van der Waals surface area contributed by atoms with E-state index in [2.05, 4.69) is 15.6 Å². The molecule has 2 amide bonds. The van der Waals surface area contributed by atoms with Gasteiger partial charge in [0, 0.05) is 33.9 Å². The highest BCUT2D eigenvalue weighted by atomic mass is 32.2. The molecule has 31 heavy (non-hydrogen) atoms. The fourth-order valence-electron chi connectivity index (χ4n) is 4.09. The average Bonchev–Trinajstić information content (AvgIpc) is 3.26. The van der Waals surface area contributed by atoms with Gasteiger partial charge < -0.3 is 15.6 Å². The van der Waals surface area contributed by atoms with Gasteiger partial charge >= 0.3 is 0 Å². The van der Waals surface area contributed by atoms with Crippen molar-refractivity contribution in [3.8, 4) is 0 Å². The molecule has 1 aromatic heterocycles. The van der Waals surface area contributed by atoms with Crippen LogP contribution < -0.4 is 10.6 Å². The monoisotopic (exact) mass is 435 g/mol. The molecular weight excluding hydrogens is 406 g/mol. The van der Waals surface area contributed by atoms with Crippen LogP contribution in [0.5, 0.6) is 0 Å². The number of amides is 2. The Morgan fingerprint density at radius 1 is 1.03 bits per heavy atom. The van der Waals surface area contributed by atoms with Gasteiger partial charge in [0.1, 0.15) is 0 Å². The lowest BCUT2D eigenvalue weighted by atomic mass is 9.88. The molecule has 1 aliphatic carbocycles. The van der Waals surface area contributed by atoms with Gasteiger partial charge in [-0.3, -0.25) is 9.59 Å². The van der Waals surface area contributed by atoms with Gasteiger partial charge in [-0.25, -0.2) is 0 Å². The third kappa shape index (κ3) is 5.50. The molecule has 3 aromatic rings. The molecule has 0 aliphatic heterocycles. The van der Waals surface area contributed by atoms with Crippen molar-refractivity contribution in [1.82, 2.24) is 4.98 Å². The van der Waals surface area contributed by atoms with Crippen LogP contribution in [0.2, 0.25) is 0 Å². The second-order valence-corrected chi connectivity index (χ2v) is 9.41. The minimum atomic E-state index is -0.219. The highest BCUT2D eigenvalue weighted by Crippen LogP contribution is 2.30. The number of anilines is 2. The summed E-state index contributed by atoms with van der Waals surface area (Å²) in [5.41, 5.74) is 2.58. The van der Waals surface area contributed by atoms with E-state index in [1.807, 2.05) is 61.7 Å². The van der Waals surface area contributed by atoms with Crippen LogP contribution >= 0.6 is 11.8 Å². The molecule has 1 unspecified atom stereocenters. The van der Waals surface area contributed by atoms with Gasteiger partial charge in [-0.1, -0.05) is 38.3 Å². The first-order valence-corrected chi connectivity index (χ1v) is 12.0. The Morgan fingerprint density at radius 3 is 2.65 bits per heavy atom. The fourth-order valence-corrected chi connectivity index (χ4v) is 5.10. The number of benzene rings is 2. The van der Waals surface area contributed by atoms with E-state index in [9.17, 15) is 9.59 Å². The molecular formula is C25H29N3O2S. The number of thioether (sulfide) groups is 1. The van der Waals surface area contributed by atoms with Crippen LogP contribution in [0, 0.1) is 5.92 Å². The Morgan fingerprint density at radius 2 is 1.84 bits per heavy atom. The third-order valence-corrected chi connectivity index (χ3v) is 7.20. The summed E-state index contributed by atoms with van der Waals surface area (Å²) in [5.74, 6) is 0.220. The van der Waals surface area contributed by atoms with Gasteiger partial charge in [-0.2, -0.15) is 0 Å². The van der Waals surface area contributed by atoms with Crippen LogP contribution in [-0.2, 0) is 9.59 Å². The number of rotatable bonds is 7. The molecule has 3 N–H and O–H groups in total. The van der Waals surface area contributed by atoms with Gasteiger partial charge in [0.2, 0.25) is 11.8 Å². The van der Waals surface area contributed by atoms with Crippen LogP contribution in [0.25, 0.3) is 10.9 Å². The number of aromatic amines is 1. The molecule has 0 spiro atoms. The van der Waals surface area contributed by atoms with Crippen LogP contribution in [0.4, 0.5) is 11.4 Å². The van der Waals surface area contributed by atoms with Crippen molar-refractivity contribution in [2.24, 2.45) is 5.92 Å². The van der Waals surface area contributed by atoms with E-state index in [0.717, 1.165) is 52.9 Å². The Bertz CT molecular complexity index is 1060. The van der Waals surface area contributed by atoms with Crippen molar-refractivity contribution in [2.45, 2.75) is 55.6 Å². The quantitative estimate of drug-likeness (QED) is 0.387. The number of hydrogen-bond donors (Lipinski definition) is 3. The minimum absolute atomic E-state index is 0.0185. The normalized spacial score (nSPS) is 15.5. The zero-order valence-corrected chi connectivity index (χ0v) is 18.6. The lowest BCUT2D eigenvalue weighted by Gasteiger charge is -2.21. The van der Waals surface area contributed by atoms with E-state index in [4.69, 9.17) is 0 Å². The Kier molecular flexibility index (Phi) is 6.97. The third-order valence-electron chi connectivity index (χ3n) is 5.84. The number of aromatic nitrogens is 1. The predicted molar refractivity (Wildman–Crippen MR) is 129 cm³/mol. The Labute approximate surface area is 187 Å². The highest BCUT2D eigenvalue weighted by Gasteiger charge is 2.22. The molecule has 1 heterocycles. The summed E-state index contributed by atoms with van der Waals surface area (Å²) in [4.78, 5) is 29.6. The fraction of sp³-hybridized carbons (Fsp3) is 0.360. The molecule has 162 valence electrons. The van der Waals surface area contributed by atoms with Gasteiger partial charge in [-0.15, -0.1) is 11.8 Å². The molecule has 0 saturated heterocycles. The summed E-state index contributed by atoms with van der Waals surface area (Å²) in [6.45, 7) is 2.01. The summed E-state index contributed by atoms with van der Waals surface area (Å²) in [6, 6.07) is 15.7. The number of carbonyl (C=O) groups is 2. The second kappa shape index (κ2) is 10.1. The summed E-state index contributed by atoms with van der Waals surface area (Å²) >= 11 is 1.53. The van der Waals surface area contributed by atoms with E-state index in [0.29, 0.717) is 6.42 Å². The lowest BCUT2D eigenvalue weighted by Crippen LogP contribution is -2.25. The molecule has 1 fully saturated rings. The van der Waals surface area contributed by atoms with Gasteiger partial charge in [-0.05, 0) is 61.0 Å². The second-order valence-electron chi connectivity index (χ2n) is 8.14. The van der Waals surface area contributed by atoms with E-state index < -0.39 is 0 Å². The van der Waals surface area contributed by atoms with Gasteiger partial charge in [0.25, 0.3) is 0 Å². The summed E-state index contributed by atoms with van der Waals surface area (Å²) < 4.78 is 0. The zero-order valence-electron chi connectivity index (χ0n) is 17.8. The van der Waals surface area contributed by atoms with Crippen molar-refractivity contribution in [1.29, 1.82) is 0 Å².